The minimum Gasteiger partial charge on any atom is -0.392 e. The van der Waals surface area contributed by atoms with Crippen LogP contribution >= 0.6 is 0 Å². The molecule has 13 heavy (non-hydrogen) atoms. The summed E-state index contributed by atoms with van der Waals surface area (Å²) in [6.45, 7) is 4.82. The van der Waals surface area contributed by atoms with E-state index in [2.05, 4.69) is 4.90 Å². The Morgan fingerprint density at radius 3 is 2.62 bits per heavy atom. The predicted molar refractivity (Wildman–Crippen MR) is 49.5 cm³/mol. The number of likely N-dealkylation sites (N-methyl/N-ethyl adjacent to an activating group) is 1. The highest BCUT2D eigenvalue weighted by molar-refractivity contribution is 4.59. The molecule has 0 aliphatic carbocycles. The van der Waals surface area contributed by atoms with Crippen molar-refractivity contribution in [3.8, 4) is 0 Å². The van der Waals surface area contributed by atoms with Gasteiger partial charge in [0.2, 0.25) is 0 Å². The van der Waals surface area contributed by atoms with Gasteiger partial charge in [0.05, 0.1) is 19.3 Å². The molecule has 1 N–H and O–H groups in total. The van der Waals surface area contributed by atoms with E-state index in [9.17, 15) is 0 Å². The Bertz CT molecular complexity index is 135. The zero-order valence-corrected chi connectivity index (χ0v) is 8.40. The van der Waals surface area contributed by atoms with Crippen molar-refractivity contribution >= 4 is 0 Å². The van der Waals surface area contributed by atoms with Crippen LogP contribution in [0.15, 0.2) is 0 Å². The molecule has 1 fully saturated rings. The van der Waals surface area contributed by atoms with Crippen LogP contribution in [-0.4, -0.2) is 55.8 Å². The van der Waals surface area contributed by atoms with E-state index < -0.39 is 0 Å². The molecular formula is C9H19NO3. The van der Waals surface area contributed by atoms with E-state index in [0.29, 0.717) is 19.8 Å². The van der Waals surface area contributed by atoms with Crippen molar-refractivity contribution in [2.24, 2.45) is 0 Å². The van der Waals surface area contributed by atoms with Gasteiger partial charge in [0, 0.05) is 19.5 Å². The van der Waals surface area contributed by atoms with Gasteiger partial charge in [0.15, 0.2) is 6.29 Å². The maximum Gasteiger partial charge on any atom is 0.159 e. The van der Waals surface area contributed by atoms with Crippen molar-refractivity contribution in [2.45, 2.75) is 25.7 Å². The van der Waals surface area contributed by atoms with Gasteiger partial charge in [0.1, 0.15) is 0 Å². The fraction of sp³-hybridized carbons (Fsp3) is 1.00. The molecule has 0 spiro atoms. The second kappa shape index (κ2) is 5.54. The highest BCUT2D eigenvalue weighted by Crippen LogP contribution is 2.08. The SMILES string of the molecule is CC(O)CN(C)CCC1OCCO1. The van der Waals surface area contributed by atoms with Crippen molar-refractivity contribution in [2.75, 3.05) is 33.4 Å². The molecule has 78 valence electrons. The van der Waals surface area contributed by atoms with E-state index in [1.807, 2.05) is 7.05 Å². The number of nitrogens with zero attached hydrogens (tertiary/aromatic N) is 1. The van der Waals surface area contributed by atoms with Crippen LogP contribution in [0.2, 0.25) is 0 Å². The second-order valence-electron chi connectivity index (χ2n) is 3.57. The van der Waals surface area contributed by atoms with Gasteiger partial charge in [-0.2, -0.15) is 0 Å². The number of rotatable bonds is 5. The van der Waals surface area contributed by atoms with Crippen LogP contribution in [0.1, 0.15) is 13.3 Å². The Kier molecular flexibility index (Phi) is 4.66. The summed E-state index contributed by atoms with van der Waals surface area (Å²) < 4.78 is 10.6. The normalized spacial score (nSPS) is 21.2. The van der Waals surface area contributed by atoms with Crippen molar-refractivity contribution in [1.82, 2.24) is 4.90 Å². The zero-order chi connectivity index (χ0) is 9.68. The topological polar surface area (TPSA) is 41.9 Å². The number of aliphatic hydroxyl groups excluding tert-OH is 1. The van der Waals surface area contributed by atoms with E-state index in [1.165, 1.54) is 0 Å². The highest BCUT2D eigenvalue weighted by atomic mass is 16.7. The van der Waals surface area contributed by atoms with E-state index in [4.69, 9.17) is 14.6 Å². The number of aliphatic hydroxyl groups is 1. The van der Waals surface area contributed by atoms with Gasteiger partial charge >= 0.3 is 0 Å². The molecule has 4 heteroatoms. The van der Waals surface area contributed by atoms with Crippen LogP contribution in [0.4, 0.5) is 0 Å². The van der Waals surface area contributed by atoms with Gasteiger partial charge in [-0.1, -0.05) is 0 Å². The second-order valence-corrected chi connectivity index (χ2v) is 3.57. The number of hydrogen-bond acceptors (Lipinski definition) is 4. The van der Waals surface area contributed by atoms with Crippen LogP contribution in [-0.2, 0) is 9.47 Å². The molecule has 1 aliphatic heterocycles. The molecule has 1 saturated heterocycles. The van der Waals surface area contributed by atoms with Crippen LogP contribution in [0.3, 0.4) is 0 Å². The van der Waals surface area contributed by atoms with Gasteiger partial charge < -0.3 is 19.5 Å². The first-order valence-corrected chi connectivity index (χ1v) is 4.78. The lowest BCUT2D eigenvalue weighted by Gasteiger charge is -2.19. The zero-order valence-electron chi connectivity index (χ0n) is 8.40. The predicted octanol–water partition coefficient (Wildman–Crippen LogP) is 0.0620. The molecule has 1 aliphatic rings. The Labute approximate surface area is 79.4 Å². The lowest BCUT2D eigenvalue weighted by atomic mass is 10.3. The summed E-state index contributed by atoms with van der Waals surface area (Å²) in [4.78, 5) is 2.08. The first kappa shape index (κ1) is 10.9. The average Bonchev–Trinajstić information content (AvgIpc) is 2.51. The minimum absolute atomic E-state index is 0.0311. The lowest BCUT2D eigenvalue weighted by molar-refractivity contribution is -0.0516. The van der Waals surface area contributed by atoms with Crippen molar-refractivity contribution in [1.29, 1.82) is 0 Å². The molecular weight excluding hydrogens is 170 g/mol. The van der Waals surface area contributed by atoms with Crippen LogP contribution in [0.5, 0.6) is 0 Å². The summed E-state index contributed by atoms with van der Waals surface area (Å²) in [5, 5.41) is 9.11. The third-order valence-electron chi connectivity index (χ3n) is 2.01. The highest BCUT2D eigenvalue weighted by Gasteiger charge is 2.16. The van der Waals surface area contributed by atoms with Gasteiger partial charge in [-0.05, 0) is 14.0 Å². The Morgan fingerprint density at radius 1 is 1.46 bits per heavy atom. The summed E-state index contributed by atoms with van der Waals surface area (Å²) in [5.74, 6) is 0. The minimum atomic E-state index is -0.268. The number of hydrogen-bond donors (Lipinski definition) is 1. The van der Waals surface area contributed by atoms with Crippen molar-refractivity contribution in [3.05, 3.63) is 0 Å². The molecule has 1 heterocycles. The van der Waals surface area contributed by atoms with Crippen molar-refractivity contribution < 1.29 is 14.6 Å². The van der Waals surface area contributed by atoms with E-state index >= 15 is 0 Å². The summed E-state index contributed by atoms with van der Waals surface area (Å²) in [6.07, 6.45) is 0.579. The smallest absolute Gasteiger partial charge is 0.159 e. The van der Waals surface area contributed by atoms with Crippen LogP contribution in [0, 0.1) is 0 Å². The first-order valence-electron chi connectivity index (χ1n) is 4.78. The molecule has 0 aromatic heterocycles. The summed E-state index contributed by atoms with van der Waals surface area (Å²) in [7, 11) is 1.99. The van der Waals surface area contributed by atoms with E-state index in [-0.39, 0.29) is 12.4 Å². The number of ether oxygens (including phenoxy) is 2. The molecule has 0 aromatic rings. The monoisotopic (exact) mass is 189 g/mol. The summed E-state index contributed by atoms with van der Waals surface area (Å²) >= 11 is 0. The van der Waals surface area contributed by atoms with E-state index in [1.54, 1.807) is 6.92 Å². The molecule has 0 aromatic carbocycles. The molecule has 0 radical (unpaired) electrons. The molecule has 1 unspecified atom stereocenters. The quantitative estimate of drug-likeness (QED) is 0.664. The average molecular weight is 189 g/mol. The molecule has 0 amide bonds. The van der Waals surface area contributed by atoms with Crippen LogP contribution in [0.25, 0.3) is 0 Å². The molecule has 4 nitrogen and oxygen atoms in total. The van der Waals surface area contributed by atoms with Crippen molar-refractivity contribution in [3.63, 3.8) is 0 Å². The Morgan fingerprint density at radius 2 is 2.08 bits per heavy atom. The van der Waals surface area contributed by atoms with Gasteiger partial charge in [-0.25, -0.2) is 0 Å². The largest absolute Gasteiger partial charge is 0.392 e. The fourth-order valence-corrected chi connectivity index (χ4v) is 1.44. The maximum atomic E-state index is 9.11. The van der Waals surface area contributed by atoms with Crippen LogP contribution < -0.4 is 0 Å². The lowest BCUT2D eigenvalue weighted by Crippen LogP contribution is -2.30. The fourth-order valence-electron chi connectivity index (χ4n) is 1.44. The molecule has 1 atom stereocenters. The van der Waals surface area contributed by atoms with E-state index in [0.717, 1.165) is 13.0 Å². The van der Waals surface area contributed by atoms with Gasteiger partial charge in [-0.15, -0.1) is 0 Å². The standard InChI is InChI=1S/C9H19NO3/c1-8(11)7-10(2)4-3-9-12-5-6-13-9/h8-9,11H,3-7H2,1-2H3. The summed E-state index contributed by atoms with van der Waals surface area (Å²) in [6, 6.07) is 0. The molecule has 0 bridgehead atoms. The molecule has 1 rings (SSSR count). The third kappa shape index (κ3) is 4.57. The summed E-state index contributed by atoms with van der Waals surface area (Å²) in [5.41, 5.74) is 0. The first-order chi connectivity index (χ1) is 6.18. The third-order valence-corrected chi connectivity index (χ3v) is 2.01. The Balaban J connectivity index is 2.03. The Hall–Kier alpha value is -0.160. The van der Waals surface area contributed by atoms with Gasteiger partial charge in [-0.3, -0.25) is 0 Å². The maximum absolute atomic E-state index is 9.11. The van der Waals surface area contributed by atoms with Gasteiger partial charge in [0.25, 0.3) is 0 Å². The molecule has 0 saturated carbocycles.